The van der Waals surface area contributed by atoms with Gasteiger partial charge in [0, 0.05) is 0 Å². The van der Waals surface area contributed by atoms with Gasteiger partial charge >= 0.3 is 0 Å². The zero-order valence-corrected chi connectivity index (χ0v) is 8.55. The van der Waals surface area contributed by atoms with Gasteiger partial charge in [0.1, 0.15) is 0 Å². The van der Waals surface area contributed by atoms with Crippen LogP contribution in [0.3, 0.4) is 0 Å². The van der Waals surface area contributed by atoms with Crippen LogP contribution in [0.2, 0.25) is 0 Å². The molecule has 3 rings (SSSR count). The third-order valence-corrected chi connectivity index (χ3v) is 4.95. The Hall–Kier alpha value is -0.0400. The molecule has 0 amide bonds. The Kier molecular flexibility index (Phi) is 1.47. The quantitative estimate of drug-likeness (QED) is 0.607. The van der Waals surface area contributed by atoms with Crippen molar-refractivity contribution in [1.82, 2.24) is 0 Å². The molecule has 1 heteroatoms. The number of aliphatic hydroxyl groups is 1. The zero-order chi connectivity index (χ0) is 9.10. The third-order valence-electron chi connectivity index (χ3n) is 4.95. The van der Waals surface area contributed by atoms with E-state index in [1.54, 1.807) is 0 Å². The van der Waals surface area contributed by atoms with Crippen LogP contribution in [0.25, 0.3) is 0 Å². The third kappa shape index (κ3) is 1.03. The van der Waals surface area contributed by atoms with E-state index in [-0.39, 0.29) is 5.60 Å². The van der Waals surface area contributed by atoms with Crippen LogP contribution in [0, 0.1) is 17.3 Å². The highest BCUT2D eigenvalue weighted by molar-refractivity contribution is 5.13. The number of rotatable bonds is 0. The SMILES string of the molecule is CC1(O)CC2(CC2)[C@H]2CCCC[C@H]21. The summed E-state index contributed by atoms with van der Waals surface area (Å²) in [6.07, 6.45) is 9.39. The van der Waals surface area contributed by atoms with Gasteiger partial charge in [0.25, 0.3) is 0 Å². The maximum atomic E-state index is 10.4. The molecular weight excluding hydrogens is 160 g/mol. The normalized spacial score (nSPS) is 52.2. The Labute approximate surface area is 80.5 Å². The van der Waals surface area contributed by atoms with Gasteiger partial charge in [0.15, 0.2) is 0 Å². The van der Waals surface area contributed by atoms with Gasteiger partial charge in [-0.1, -0.05) is 12.8 Å². The number of hydrogen-bond donors (Lipinski definition) is 1. The molecule has 0 aromatic rings. The maximum Gasteiger partial charge on any atom is 0.0656 e. The van der Waals surface area contributed by atoms with Crippen LogP contribution >= 0.6 is 0 Å². The zero-order valence-electron chi connectivity index (χ0n) is 8.55. The van der Waals surface area contributed by atoms with E-state index in [1.165, 1.54) is 38.5 Å². The molecule has 1 nitrogen and oxygen atoms in total. The molecule has 3 saturated carbocycles. The van der Waals surface area contributed by atoms with Crippen molar-refractivity contribution in [2.75, 3.05) is 0 Å². The van der Waals surface area contributed by atoms with Crippen LogP contribution in [0.15, 0.2) is 0 Å². The molecule has 0 aromatic carbocycles. The Morgan fingerprint density at radius 1 is 1.08 bits per heavy atom. The average molecular weight is 180 g/mol. The molecule has 1 N–H and O–H groups in total. The van der Waals surface area contributed by atoms with E-state index in [9.17, 15) is 5.11 Å². The molecule has 3 atom stereocenters. The highest BCUT2D eigenvalue weighted by atomic mass is 16.3. The first-order valence-corrected chi connectivity index (χ1v) is 5.87. The minimum absolute atomic E-state index is 0.318. The highest BCUT2D eigenvalue weighted by Gasteiger charge is 2.63. The average Bonchev–Trinajstić information content (AvgIpc) is 2.80. The fourth-order valence-corrected chi connectivity index (χ4v) is 4.29. The number of fused-ring (bicyclic) bond motifs is 2. The first kappa shape index (κ1) is 8.28. The van der Waals surface area contributed by atoms with Crippen molar-refractivity contribution >= 4 is 0 Å². The molecule has 0 aliphatic heterocycles. The topological polar surface area (TPSA) is 20.2 Å². The van der Waals surface area contributed by atoms with Crippen molar-refractivity contribution in [2.24, 2.45) is 17.3 Å². The maximum absolute atomic E-state index is 10.4. The first-order valence-electron chi connectivity index (χ1n) is 5.87. The standard InChI is InChI=1S/C12H20O/c1-11(13)8-12(6-7-12)10-5-3-2-4-9(10)11/h9-10,13H,2-8H2,1H3/t9-,10+,11?/m1/s1. The monoisotopic (exact) mass is 180 g/mol. The lowest BCUT2D eigenvalue weighted by molar-refractivity contribution is -0.00195. The van der Waals surface area contributed by atoms with Crippen molar-refractivity contribution in [3.8, 4) is 0 Å². The van der Waals surface area contributed by atoms with Crippen molar-refractivity contribution in [1.29, 1.82) is 0 Å². The van der Waals surface area contributed by atoms with Gasteiger partial charge in [-0.25, -0.2) is 0 Å². The van der Waals surface area contributed by atoms with Crippen molar-refractivity contribution in [3.63, 3.8) is 0 Å². The lowest BCUT2D eigenvalue weighted by Crippen LogP contribution is -2.33. The fraction of sp³-hybridized carbons (Fsp3) is 1.00. The van der Waals surface area contributed by atoms with Crippen molar-refractivity contribution in [2.45, 2.75) is 57.5 Å². The predicted molar refractivity (Wildman–Crippen MR) is 52.4 cm³/mol. The van der Waals surface area contributed by atoms with Gasteiger partial charge < -0.3 is 5.11 Å². The van der Waals surface area contributed by atoms with Crippen LogP contribution in [0.1, 0.15) is 51.9 Å². The summed E-state index contributed by atoms with van der Waals surface area (Å²) < 4.78 is 0. The second kappa shape index (κ2) is 2.31. The van der Waals surface area contributed by atoms with E-state index in [0.717, 1.165) is 12.3 Å². The van der Waals surface area contributed by atoms with Gasteiger partial charge in [0.05, 0.1) is 5.60 Å². The van der Waals surface area contributed by atoms with E-state index in [0.29, 0.717) is 11.3 Å². The molecule has 13 heavy (non-hydrogen) atoms. The van der Waals surface area contributed by atoms with Crippen molar-refractivity contribution in [3.05, 3.63) is 0 Å². The molecule has 0 aromatic heterocycles. The van der Waals surface area contributed by atoms with Crippen LogP contribution in [-0.2, 0) is 0 Å². The summed E-state index contributed by atoms with van der Waals surface area (Å²) in [7, 11) is 0. The summed E-state index contributed by atoms with van der Waals surface area (Å²) >= 11 is 0. The summed E-state index contributed by atoms with van der Waals surface area (Å²) in [5.74, 6) is 1.53. The molecule has 3 aliphatic rings. The molecule has 74 valence electrons. The predicted octanol–water partition coefficient (Wildman–Crippen LogP) is 2.73. The lowest BCUT2D eigenvalue weighted by atomic mass is 9.74. The Bertz CT molecular complexity index is 215. The molecule has 0 radical (unpaired) electrons. The van der Waals surface area contributed by atoms with Gasteiger partial charge in [-0.2, -0.15) is 0 Å². The Morgan fingerprint density at radius 2 is 1.69 bits per heavy atom. The highest BCUT2D eigenvalue weighted by Crippen LogP contribution is 2.69. The molecule has 1 spiro atoms. The molecule has 0 saturated heterocycles. The van der Waals surface area contributed by atoms with Gasteiger partial charge in [-0.3, -0.25) is 0 Å². The van der Waals surface area contributed by atoms with E-state index >= 15 is 0 Å². The van der Waals surface area contributed by atoms with Gasteiger partial charge in [0.2, 0.25) is 0 Å². The summed E-state index contributed by atoms with van der Waals surface area (Å²) in [6.45, 7) is 2.09. The summed E-state index contributed by atoms with van der Waals surface area (Å²) in [4.78, 5) is 0. The van der Waals surface area contributed by atoms with Gasteiger partial charge in [-0.15, -0.1) is 0 Å². The lowest BCUT2D eigenvalue weighted by Gasteiger charge is -2.33. The van der Waals surface area contributed by atoms with Crippen LogP contribution in [0.5, 0.6) is 0 Å². The minimum Gasteiger partial charge on any atom is -0.390 e. The van der Waals surface area contributed by atoms with Crippen LogP contribution in [-0.4, -0.2) is 10.7 Å². The summed E-state index contributed by atoms with van der Waals surface area (Å²) in [5.41, 5.74) is 0.302. The second-order valence-electron chi connectivity index (χ2n) is 5.89. The van der Waals surface area contributed by atoms with E-state index in [2.05, 4.69) is 6.92 Å². The molecule has 3 fully saturated rings. The Morgan fingerprint density at radius 3 is 2.31 bits per heavy atom. The van der Waals surface area contributed by atoms with Gasteiger partial charge in [-0.05, 0) is 56.3 Å². The molecule has 1 unspecified atom stereocenters. The summed E-state index contributed by atoms with van der Waals surface area (Å²) in [6, 6.07) is 0. The second-order valence-corrected chi connectivity index (χ2v) is 5.89. The smallest absolute Gasteiger partial charge is 0.0656 e. The fourth-order valence-electron chi connectivity index (χ4n) is 4.29. The summed E-state index contributed by atoms with van der Waals surface area (Å²) in [5, 5.41) is 10.4. The minimum atomic E-state index is -0.318. The molecule has 0 heterocycles. The van der Waals surface area contributed by atoms with E-state index in [1.807, 2.05) is 0 Å². The first-order chi connectivity index (χ1) is 6.14. The van der Waals surface area contributed by atoms with Crippen LogP contribution < -0.4 is 0 Å². The molecular formula is C12H20O. The van der Waals surface area contributed by atoms with Crippen molar-refractivity contribution < 1.29 is 5.11 Å². The van der Waals surface area contributed by atoms with E-state index in [4.69, 9.17) is 0 Å². The largest absolute Gasteiger partial charge is 0.390 e. The Balaban J connectivity index is 1.92. The molecule has 0 bridgehead atoms. The van der Waals surface area contributed by atoms with Crippen LogP contribution in [0.4, 0.5) is 0 Å². The number of hydrogen-bond acceptors (Lipinski definition) is 1. The van der Waals surface area contributed by atoms with E-state index < -0.39 is 0 Å². The molecule has 3 aliphatic carbocycles.